The second-order valence-electron chi connectivity index (χ2n) is 6.27. The Morgan fingerprint density at radius 3 is 2.78 bits per heavy atom. The number of hydrogen-bond acceptors (Lipinski definition) is 5. The maximum Gasteiger partial charge on any atom is 0.240 e. The average molecular weight is 383 g/mol. The van der Waals surface area contributed by atoms with Gasteiger partial charge in [-0.2, -0.15) is 0 Å². The van der Waals surface area contributed by atoms with Crippen molar-refractivity contribution in [2.45, 2.75) is 25.5 Å². The molecule has 2 amide bonds. The van der Waals surface area contributed by atoms with Gasteiger partial charge in [0.25, 0.3) is 0 Å². The summed E-state index contributed by atoms with van der Waals surface area (Å²) >= 11 is 1.27. The molecule has 3 rings (SSSR count). The maximum atomic E-state index is 12.3. The van der Waals surface area contributed by atoms with Crippen LogP contribution in [0.2, 0.25) is 0 Å². The zero-order valence-electron chi connectivity index (χ0n) is 15.4. The van der Waals surface area contributed by atoms with E-state index < -0.39 is 5.25 Å². The maximum absolute atomic E-state index is 12.3. The molecule has 0 aliphatic carbocycles. The molecule has 140 valence electrons. The van der Waals surface area contributed by atoms with Gasteiger partial charge in [0.05, 0.1) is 12.8 Å². The lowest BCUT2D eigenvalue weighted by Gasteiger charge is -2.08. The van der Waals surface area contributed by atoms with Gasteiger partial charge in [-0.15, -0.1) is 0 Å². The summed E-state index contributed by atoms with van der Waals surface area (Å²) in [5.74, 6) is 0.218. The molecule has 1 heterocycles. The summed E-state index contributed by atoms with van der Waals surface area (Å²) in [4.78, 5) is 28.9. The van der Waals surface area contributed by atoms with Crippen LogP contribution in [0.4, 0.5) is 11.4 Å². The van der Waals surface area contributed by atoms with Crippen molar-refractivity contribution in [1.29, 1.82) is 0 Å². The Kier molecular flexibility index (Phi) is 5.81. The first-order valence-corrected chi connectivity index (χ1v) is 9.40. The monoisotopic (exact) mass is 383 g/mol. The number of ether oxygens (including phenoxy) is 1. The number of aryl methyl sites for hydroxylation is 2. The Balaban J connectivity index is 1.62. The minimum atomic E-state index is -0.499. The number of amides is 2. The molecule has 7 heteroatoms. The predicted octanol–water partition coefficient (Wildman–Crippen LogP) is 3.56. The molecule has 27 heavy (non-hydrogen) atoms. The number of carbonyl (C=O) groups excluding carboxylic acids is 2. The third-order valence-corrected chi connectivity index (χ3v) is 5.30. The van der Waals surface area contributed by atoms with Crippen molar-refractivity contribution in [3.05, 3.63) is 53.6 Å². The Morgan fingerprint density at radius 1 is 1.22 bits per heavy atom. The lowest BCUT2D eigenvalue weighted by atomic mass is 10.1. The van der Waals surface area contributed by atoms with E-state index in [1.165, 1.54) is 17.3 Å². The summed E-state index contributed by atoms with van der Waals surface area (Å²) in [6.07, 6.45) is 0.0691. The number of anilines is 1. The SMILES string of the molecule is COc1cccc(NC(=O)C[C@H]2SC(=Nc3ccc(C)c(C)c3)NC2=O)c1. The van der Waals surface area contributed by atoms with E-state index in [0.29, 0.717) is 16.6 Å². The number of amidine groups is 1. The van der Waals surface area contributed by atoms with Crippen molar-refractivity contribution in [2.24, 2.45) is 4.99 Å². The summed E-state index contributed by atoms with van der Waals surface area (Å²) in [6.45, 7) is 4.06. The summed E-state index contributed by atoms with van der Waals surface area (Å²) in [6, 6.07) is 13.0. The number of nitrogens with zero attached hydrogens (tertiary/aromatic N) is 1. The van der Waals surface area contributed by atoms with Crippen LogP contribution in [0.1, 0.15) is 17.5 Å². The smallest absolute Gasteiger partial charge is 0.240 e. The lowest BCUT2D eigenvalue weighted by Crippen LogP contribution is -2.28. The second kappa shape index (κ2) is 8.26. The minimum absolute atomic E-state index is 0.0691. The van der Waals surface area contributed by atoms with Crippen LogP contribution < -0.4 is 15.4 Å². The summed E-state index contributed by atoms with van der Waals surface area (Å²) in [5.41, 5.74) is 3.74. The summed E-state index contributed by atoms with van der Waals surface area (Å²) in [5, 5.41) is 5.56. The molecule has 6 nitrogen and oxygen atoms in total. The van der Waals surface area contributed by atoms with E-state index in [-0.39, 0.29) is 18.2 Å². The van der Waals surface area contributed by atoms with Crippen LogP contribution >= 0.6 is 11.8 Å². The fourth-order valence-corrected chi connectivity index (χ4v) is 3.57. The number of benzene rings is 2. The Bertz CT molecular complexity index is 911. The predicted molar refractivity (Wildman–Crippen MR) is 109 cm³/mol. The largest absolute Gasteiger partial charge is 0.497 e. The minimum Gasteiger partial charge on any atom is -0.497 e. The number of rotatable bonds is 5. The van der Waals surface area contributed by atoms with Gasteiger partial charge in [0.1, 0.15) is 11.0 Å². The van der Waals surface area contributed by atoms with Gasteiger partial charge >= 0.3 is 0 Å². The van der Waals surface area contributed by atoms with Crippen LogP contribution in [0.25, 0.3) is 0 Å². The first-order chi connectivity index (χ1) is 12.9. The second-order valence-corrected chi connectivity index (χ2v) is 7.46. The molecule has 0 bridgehead atoms. The molecule has 1 aliphatic rings. The number of methoxy groups -OCH3 is 1. The first-order valence-electron chi connectivity index (χ1n) is 8.52. The van der Waals surface area contributed by atoms with Crippen molar-refractivity contribution < 1.29 is 14.3 Å². The zero-order chi connectivity index (χ0) is 19.4. The fourth-order valence-electron chi connectivity index (χ4n) is 2.59. The molecule has 1 fully saturated rings. The highest BCUT2D eigenvalue weighted by Gasteiger charge is 2.32. The molecule has 0 spiro atoms. The van der Waals surface area contributed by atoms with Crippen LogP contribution in [0.15, 0.2) is 47.5 Å². The van der Waals surface area contributed by atoms with E-state index >= 15 is 0 Å². The van der Waals surface area contributed by atoms with Gasteiger partial charge in [-0.3, -0.25) is 9.59 Å². The van der Waals surface area contributed by atoms with E-state index in [4.69, 9.17) is 4.74 Å². The molecule has 1 aliphatic heterocycles. The lowest BCUT2D eigenvalue weighted by molar-refractivity contribution is -0.122. The zero-order valence-corrected chi connectivity index (χ0v) is 16.2. The molecule has 0 saturated carbocycles. The first kappa shape index (κ1) is 19.0. The van der Waals surface area contributed by atoms with Gasteiger partial charge in [0, 0.05) is 18.2 Å². The van der Waals surface area contributed by atoms with Gasteiger partial charge in [0.2, 0.25) is 11.8 Å². The Hall–Kier alpha value is -2.80. The van der Waals surface area contributed by atoms with Gasteiger partial charge in [-0.25, -0.2) is 4.99 Å². The van der Waals surface area contributed by atoms with Gasteiger partial charge in [-0.1, -0.05) is 23.9 Å². The number of hydrogen-bond donors (Lipinski definition) is 2. The quantitative estimate of drug-likeness (QED) is 0.827. The number of thioether (sulfide) groups is 1. The van der Waals surface area contributed by atoms with Gasteiger partial charge in [0.15, 0.2) is 5.17 Å². The molecule has 1 atom stereocenters. The van der Waals surface area contributed by atoms with Crippen LogP contribution in [0.3, 0.4) is 0 Å². The molecule has 2 N–H and O–H groups in total. The van der Waals surface area contributed by atoms with E-state index in [2.05, 4.69) is 15.6 Å². The third-order valence-electron chi connectivity index (χ3n) is 4.22. The average Bonchev–Trinajstić information content (AvgIpc) is 2.97. The van der Waals surface area contributed by atoms with Gasteiger partial charge < -0.3 is 15.4 Å². The van der Waals surface area contributed by atoms with E-state index in [0.717, 1.165) is 11.3 Å². The molecular formula is C20H21N3O3S. The van der Waals surface area contributed by atoms with Crippen LogP contribution in [0, 0.1) is 13.8 Å². The van der Waals surface area contributed by atoms with Gasteiger partial charge in [-0.05, 0) is 49.2 Å². The standard InChI is InChI=1S/C20H21N3O3S/c1-12-7-8-15(9-13(12)2)22-20-23-19(25)17(27-20)11-18(24)21-14-5-4-6-16(10-14)26-3/h4-10,17H,11H2,1-3H3,(H,21,24)(H,22,23,25)/t17-/m1/s1. The van der Waals surface area contributed by atoms with E-state index in [1.807, 2.05) is 32.0 Å². The van der Waals surface area contributed by atoms with Crippen molar-refractivity contribution >= 4 is 40.1 Å². The third kappa shape index (κ3) is 4.89. The molecule has 2 aromatic carbocycles. The van der Waals surface area contributed by atoms with Crippen LogP contribution in [0.5, 0.6) is 5.75 Å². The van der Waals surface area contributed by atoms with Crippen LogP contribution in [-0.2, 0) is 9.59 Å². The number of carbonyl (C=O) groups is 2. The van der Waals surface area contributed by atoms with Crippen LogP contribution in [-0.4, -0.2) is 29.3 Å². The Labute approximate surface area is 162 Å². The normalized spacial score (nSPS) is 17.7. The van der Waals surface area contributed by atoms with Crippen molar-refractivity contribution in [3.8, 4) is 5.75 Å². The molecule has 0 radical (unpaired) electrons. The summed E-state index contributed by atoms with van der Waals surface area (Å²) < 4.78 is 5.14. The number of nitrogens with one attached hydrogen (secondary N) is 2. The number of aliphatic imine (C=N–C) groups is 1. The highest BCUT2D eigenvalue weighted by atomic mass is 32.2. The molecule has 0 unspecified atom stereocenters. The molecule has 2 aromatic rings. The van der Waals surface area contributed by atoms with E-state index in [9.17, 15) is 9.59 Å². The van der Waals surface area contributed by atoms with E-state index in [1.54, 1.807) is 31.4 Å². The summed E-state index contributed by atoms with van der Waals surface area (Å²) in [7, 11) is 1.57. The van der Waals surface area contributed by atoms with Crippen molar-refractivity contribution in [1.82, 2.24) is 5.32 Å². The molecule has 0 aromatic heterocycles. The van der Waals surface area contributed by atoms with Crippen molar-refractivity contribution in [2.75, 3.05) is 12.4 Å². The fraction of sp³-hybridized carbons (Fsp3) is 0.250. The highest BCUT2D eigenvalue weighted by molar-refractivity contribution is 8.15. The topological polar surface area (TPSA) is 79.8 Å². The highest BCUT2D eigenvalue weighted by Crippen LogP contribution is 2.26. The molecule has 1 saturated heterocycles. The van der Waals surface area contributed by atoms with Crippen molar-refractivity contribution in [3.63, 3.8) is 0 Å². The molecular weight excluding hydrogens is 362 g/mol. The Morgan fingerprint density at radius 2 is 2.04 bits per heavy atom.